The van der Waals surface area contributed by atoms with Gasteiger partial charge < -0.3 is 20.3 Å². The molecule has 2 unspecified atom stereocenters. The lowest BCUT2D eigenvalue weighted by atomic mass is 9.93. The molecule has 6 heteroatoms. The number of likely N-dealkylation sites (tertiary alicyclic amines) is 1. The van der Waals surface area contributed by atoms with Gasteiger partial charge >= 0.3 is 0 Å². The van der Waals surface area contributed by atoms with Crippen LogP contribution in [0.1, 0.15) is 36.8 Å². The van der Waals surface area contributed by atoms with E-state index in [1.54, 1.807) is 0 Å². The van der Waals surface area contributed by atoms with Crippen LogP contribution in [0.3, 0.4) is 0 Å². The zero-order valence-electron chi connectivity index (χ0n) is 18.9. The van der Waals surface area contributed by atoms with Crippen molar-refractivity contribution in [3.05, 3.63) is 65.7 Å². The summed E-state index contributed by atoms with van der Waals surface area (Å²) in [6.45, 7) is 6.69. The number of aliphatic imine (C=N–C) groups is 1. The van der Waals surface area contributed by atoms with E-state index in [1.165, 1.54) is 11.1 Å². The highest BCUT2D eigenvalue weighted by Crippen LogP contribution is 2.32. The van der Waals surface area contributed by atoms with Crippen LogP contribution in [0, 0.1) is 5.92 Å². The van der Waals surface area contributed by atoms with Crippen molar-refractivity contribution in [3.63, 3.8) is 0 Å². The molecular weight excluding hydrogens is 400 g/mol. The highest BCUT2D eigenvalue weighted by molar-refractivity contribution is 5.80. The van der Waals surface area contributed by atoms with Gasteiger partial charge in [0, 0.05) is 51.0 Å². The zero-order valence-corrected chi connectivity index (χ0v) is 18.9. The molecule has 0 spiro atoms. The van der Waals surface area contributed by atoms with Crippen LogP contribution >= 0.6 is 0 Å². The van der Waals surface area contributed by atoms with E-state index in [2.05, 4.69) is 41.8 Å². The molecule has 2 heterocycles. The summed E-state index contributed by atoms with van der Waals surface area (Å²) in [5.74, 6) is 2.75. The predicted octanol–water partition coefficient (Wildman–Crippen LogP) is 3.20. The number of nitrogens with one attached hydrogen (secondary N) is 2. The number of para-hydroxylation sites is 1. The van der Waals surface area contributed by atoms with Crippen LogP contribution in [-0.2, 0) is 11.2 Å². The first-order chi connectivity index (χ1) is 15.7. The molecule has 32 heavy (non-hydrogen) atoms. The number of amides is 1. The lowest BCUT2D eigenvalue weighted by molar-refractivity contribution is -0.127. The topological polar surface area (TPSA) is 66.0 Å². The molecule has 1 fully saturated rings. The minimum absolute atomic E-state index is 0.248. The number of rotatable bonds is 8. The van der Waals surface area contributed by atoms with Crippen LogP contribution in [0.15, 0.2) is 59.6 Å². The number of carbonyl (C=O) groups is 1. The quantitative estimate of drug-likeness (QED) is 0.495. The Labute approximate surface area is 191 Å². The third-order valence-electron chi connectivity index (χ3n) is 6.26. The molecule has 2 atom stereocenters. The molecule has 0 radical (unpaired) electrons. The Morgan fingerprint density at radius 3 is 2.78 bits per heavy atom. The van der Waals surface area contributed by atoms with Crippen molar-refractivity contribution in [1.82, 2.24) is 15.5 Å². The number of fused-ring (bicyclic) bond motifs is 1. The van der Waals surface area contributed by atoms with Crippen molar-refractivity contribution in [2.24, 2.45) is 10.9 Å². The Hall–Kier alpha value is -3.02. The minimum atomic E-state index is 0.248. The molecule has 1 amide bonds. The van der Waals surface area contributed by atoms with Gasteiger partial charge in [0.15, 0.2) is 5.96 Å². The Bertz CT molecular complexity index is 915. The number of hydrogen-bond acceptors (Lipinski definition) is 3. The van der Waals surface area contributed by atoms with Gasteiger partial charge in [-0.3, -0.25) is 9.79 Å². The molecule has 0 aromatic heterocycles. The molecular formula is C26H34N4O2. The average Bonchev–Trinajstić information content (AvgIpc) is 3.19. The largest absolute Gasteiger partial charge is 0.493 e. The SMILES string of the molecule is CCNC(=NCC1CC(=O)N(CCc2ccccc2)C1)NCC1CCOc2ccccc21. The van der Waals surface area contributed by atoms with Crippen LogP contribution < -0.4 is 15.4 Å². The van der Waals surface area contributed by atoms with Gasteiger partial charge in [-0.15, -0.1) is 0 Å². The van der Waals surface area contributed by atoms with Gasteiger partial charge in [-0.05, 0) is 37.0 Å². The number of nitrogens with zero attached hydrogens (tertiary/aromatic N) is 2. The van der Waals surface area contributed by atoms with E-state index in [9.17, 15) is 4.79 Å². The first-order valence-corrected chi connectivity index (χ1v) is 11.8. The smallest absolute Gasteiger partial charge is 0.223 e. The summed E-state index contributed by atoms with van der Waals surface area (Å²) in [5.41, 5.74) is 2.53. The molecule has 2 aromatic rings. The summed E-state index contributed by atoms with van der Waals surface area (Å²) >= 11 is 0. The summed E-state index contributed by atoms with van der Waals surface area (Å²) < 4.78 is 5.78. The molecule has 0 bridgehead atoms. The van der Waals surface area contributed by atoms with Gasteiger partial charge in [0.2, 0.25) is 5.91 Å². The normalized spacial score (nSPS) is 20.6. The molecule has 170 valence electrons. The monoisotopic (exact) mass is 434 g/mol. The summed E-state index contributed by atoms with van der Waals surface area (Å²) in [6, 6.07) is 18.6. The van der Waals surface area contributed by atoms with Gasteiger partial charge in [0.25, 0.3) is 0 Å². The van der Waals surface area contributed by atoms with Gasteiger partial charge in [-0.1, -0.05) is 48.5 Å². The fraction of sp³-hybridized carbons (Fsp3) is 0.462. The first kappa shape index (κ1) is 22.2. The molecule has 2 N–H and O–H groups in total. The van der Waals surface area contributed by atoms with Crippen LogP contribution in [0.4, 0.5) is 0 Å². The van der Waals surface area contributed by atoms with E-state index >= 15 is 0 Å². The summed E-state index contributed by atoms with van der Waals surface area (Å²) in [7, 11) is 0. The second-order valence-corrected chi connectivity index (χ2v) is 8.62. The lowest BCUT2D eigenvalue weighted by Crippen LogP contribution is -2.40. The molecule has 1 saturated heterocycles. The maximum atomic E-state index is 12.5. The highest BCUT2D eigenvalue weighted by Gasteiger charge is 2.29. The van der Waals surface area contributed by atoms with Crippen molar-refractivity contribution in [2.45, 2.75) is 32.1 Å². The van der Waals surface area contributed by atoms with Crippen molar-refractivity contribution >= 4 is 11.9 Å². The van der Waals surface area contributed by atoms with Gasteiger partial charge in [-0.25, -0.2) is 0 Å². The lowest BCUT2D eigenvalue weighted by Gasteiger charge is -2.26. The third kappa shape index (κ3) is 5.81. The summed E-state index contributed by atoms with van der Waals surface area (Å²) in [4.78, 5) is 19.3. The fourth-order valence-corrected chi connectivity index (χ4v) is 4.51. The van der Waals surface area contributed by atoms with Crippen molar-refractivity contribution < 1.29 is 9.53 Å². The standard InChI is InChI=1S/C26H34N4O2/c1-2-27-26(29-18-22-13-15-32-24-11-7-6-10-23(22)24)28-17-21-16-25(31)30(19-21)14-12-20-8-4-3-5-9-20/h3-11,21-22H,2,12-19H2,1H3,(H2,27,28,29). The molecule has 2 aromatic carbocycles. The van der Waals surface area contributed by atoms with E-state index in [1.807, 2.05) is 35.2 Å². The van der Waals surface area contributed by atoms with Crippen LogP contribution in [-0.4, -0.2) is 56.1 Å². The Balaban J connectivity index is 1.28. The predicted molar refractivity (Wildman–Crippen MR) is 128 cm³/mol. The van der Waals surface area contributed by atoms with Crippen molar-refractivity contribution in [3.8, 4) is 5.75 Å². The average molecular weight is 435 g/mol. The van der Waals surface area contributed by atoms with Gasteiger partial charge in [-0.2, -0.15) is 0 Å². The number of carbonyl (C=O) groups excluding carboxylic acids is 1. The van der Waals surface area contributed by atoms with E-state index in [-0.39, 0.29) is 11.8 Å². The maximum absolute atomic E-state index is 12.5. The number of guanidine groups is 1. The number of benzene rings is 2. The fourth-order valence-electron chi connectivity index (χ4n) is 4.51. The molecule has 6 nitrogen and oxygen atoms in total. The Kier molecular flexibility index (Phi) is 7.64. The molecule has 0 saturated carbocycles. The van der Waals surface area contributed by atoms with Crippen LogP contribution in [0.2, 0.25) is 0 Å². The Morgan fingerprint density at radius 2 is 1.94 bits per heavy atom. The molecule has 2 aliphatic rings. The van der Waals surface area contributed by atoms with E-state index in [4.69, 9.17) is 9.73 Å². The molecule has 4 rings (SSSR count). The van der Waals surface area contributed by atoms with Gasteiger partial charge in [0.1, 0.15) is 5.75 Å². The van der Waals surface area contributed by atoms with E-state index in [0.717, 1.165) is 57.3 Å². The number of hydrogen-bond donors (Lipinski definition) is 2. The molecule has 0 aliphatic carbocycles. The van der Waals surface area contributed by atoms with Crippen molar-refractivity contribution in [1.29, 1.82) is 0 Å². The van der Waals surface area contributed by atoms with E-state index in [0.29, 0.717) is 18.9 Å². The maximum Gasteiger partial charge on any atom is 0.223 e. The van der Waals surface area contributed by atoms with Crippen molar-refractivity contribution in [2.75, 3.05) is 39.3 Å². The minimum Gasteiger partial charge on any atom is -0.493 e. The second-order valence-electron chi connectivity index (χ2n) is 8.62. The number of ether oxygens (including phenoxy) is 1. The van der Waals surface area contributed by atoms with Gasteiger partial charge in [0.05, 0.1) is 6.61 Å². The second kappa shape index (κ2) is 11.0. The zero-order chi connectivity index (χ0) is 22.2. The molecule has 2 aliphatic heterocycles. The Morgan fingerprint density at radius 1 is 1.12 bits per heavy atom. The van der Waals surface area contributed by atoms with Crippen LogP contribution in [0.25, 0.3) is 0 Å². The summed E-state index contributed by atoms with van der Waals surface area (Å²) in [6.07, 6.45) is 2.49. The third-order valence-corrected chi connectivity index (χ3v) is 6.26. The summed E-state index contributed by atoms with van der Waals surface area (Å²) in [5, 5.41) is 6.86. The highest BCUT2D eigenvalue weighted by atomic mass is 16.5. The van der Waals surface area contributed by atoms with Crippen LogP contribution in [0.5, 0.6) is 5.75 Å². The first-order valence-electron chi connectivity index (χ1n) is 11.8. The van der Waals surface area contributed by atoms with E-state index < -0.39 is 0 Å².